The average Bonchev–Trinajstić information content (AvgIpc) is 3.09. The van der Waals surface area contributed by atoms with Crippen LogP contribution in [0, 0.1) is 0 Å². The molecule has 1 aliphatic heterocycles. The Hall–Kier alpha value is -1.85. The standard InChI is InChI=1S/C18H25N3O2/c1-20-11-13(16-5-3-4-6-17(16)20)7-8-18(23)21(2)12-14-9-15(22)10-19-14/h3-6,11,14-15,19,22H,7-10,12H2,1-2H3/t14-,15+/m0/s1. The number of carbonyl (C=O) groups is 1. The average molecular weight is 315 g/mol. The van der Waals surface area contributed by atoms with E-state index in [0.717, 1.165) is 12.8 Å². The van der Waals surface area contributed by atoms with Gasteiger partial charge in [0.15, 0.2) is 0 Å². The van der Waals surface area contributed by atoms with Crippen LogP contribution in [-0.4, -0.2) is 52.8 Å². The van der Waals surface area contributed by atoms with Crippen LogP contribution >= 0.6 is 0 Å². The van der Waals surface area contributed by atoms with Crippen molar-refractivity contribution in [2.45, 2.75) is 31.4 Å². The molecular formula is C18H25N3O2. The Bertz CT molecular complexity index is 695. The first-order valence-corrected chi connectivity index (χ1v) is 8.23. The highest BCUT2D eigenvalue weighted by Gasteiger charge is 2.24. The smallest absolute Gasteiger partial charge is 0.222 e. The van der Waals surface area contributed by atoms with Gasteiger partial charge in [0, 0.05) is 56.7 Å². The lowest BCUT2D eigenvalue weighted by Gasteiger charge is -2.21. The molecule has 3 rings (SSSR count). The van der Waals surface area contributed by atoms with Gasteiger partial charge in [-0.2, -0.15) is 0 Å². The van der Waals surface area contributed by atoms with Crippen LogP contribution in [0.25, 0.3) is 10.9 Å². The number of β-amino-alcohol motifs (C(OH)–C–C–N with tert-alkyl or cyclic N) is 1. The summed E-state index contributed by atoms with van der Waals surface area (Å²) in [5.74, 6) is 0.154. The van der Waals surface area contributed by atoms with E-state index >= 15 is 0 Å². The molecule has 0 spiro atoms. The zero-order valence-electron chi connectivity index (χ0n) is 13.8. The summed E-state index contributed by atoms with van der Waals surface area (Å²) in [4.78, 5) is 14.1. The Morgan fingerprint density at radius 2 is 2.22 bits per heavy atom. The van der Waals surface area contributed by atoms with Crippen molar-refractivity contribution in [2.24, 2.45) is 7.05 Å². The third-order valence-electron chi connectivity index (χ3n) is 4.71. The first kappa shape index (κ1) is 16.0. The minimum Gasteiger partial charge on any atom is -0.392 e. The molecule has 2 aromatic rings. The van der Waals surface area contributed by atoms with Crippen molar-refractivity contribution in [1.29, 1.82) is 0 Å². The van der Waals surface area contributed by atoms with E-state index in [1.54, 1.807) is 4.90 Å². The summed E-state index contributed by atoms with van der Waals surface area (Å²) < 4.78 is 2.11. The highest BCUT2D eigenvalue weighted by molar-refractivity contribution is 5.84. The Labute approximate surface area is 136 Å². The number of nitrogens with zero attached hydrogens (tertiary/aromatic N) is 2. The first-order valence-electron chi connectivity index (χ1n) is 8.23. The minimum atomic E-state index is -0.279. The fourth-order valence-electron chi connectivity index (χ4n) is 3.43. The monoisotopic (exact) mass is 315 g/mol. The number of aliphatic hydroxyl groups excluding tert-OH is 1. The van der Waals surface area contributed by atoms with Gasteiger partial charge in [0.05, 0.1) is 6.10 Å². The van der Waals surface area contributed by atoms with Crippen molar-refractivity contribution in [3.63, 3.8) is 0 Å². The second-order valence-electron chi connectivity index (χ2n) is 6.55. The SMILES string of the molecule is CN(C[C@@H]1C[C@@H](O)CN1)C(=O)CCc1cn(C)c2ccccc12. The van der Waals surface area contributed by atoms with Crippen LogP contribution in [0.2, 0.25) is 0 Å². The number of aryl methyl sites for hydroxylation is 2. The van der Waals surface area contributed by atoms with E-state index in [1.807, 2.05) is 26.2 Å². The normalized spacial score (nSPS) is 21.0. The highest BCUT2D eigenvalue weighted by atomic mass is 16.3. The third kappa shape index (κ3) is 3.57. The highest BCUT2D eigenvalue weighted by Crippen LogP contribution is 2.21. The molecule has 2 N–H and O–H groups in total. The number of aromatic nitrogens is 1. The summed E-state index contributed by atoms with van der Waals surface area (Å²) in [6, 6.07) is 8.49. The molecule has 0 bridgehead atoms. The van der Waals surface area contributed by atoms with Crippen molar-refractivity contribution in [1.82, 2.24) is 14.8 Å². The molecule has 1 amide bonds. The third-order valence-corrected chi connectivity index (χ3v) is 4.71. The fourth-order valence-corrected chi connectivity index (χ4v) is 3.43. The van der Waals surface area contributed by atoms with E-state index in [9.17, 15) is 9.90 Å². The van der Waals surface area contributed by atoms with Gasteiger partial charge >= 0.3 is 0 Å². The molecule has 5 nitrogen and oxygen atoms in total. The molecule has 1 aromatic heterocycles. The van der Waals surface area contributed by atoms with Gasteiger partial charge in [-0.25, -0.2) is 0 Å². The van der Waals surface area contributed by atoms with Crippen molar-refractivity contribution >= 4 is 16.8 Å². The summed E-state index contributed by atoms with van der Waals surface area (Å²) in [6.07, 6.45) is 3.83. The van der Waals surface area contributed by atoms with E-state index in [2.05, 4.69) is 28.2 Å². The van der Waals surface area contributed by atoms with Gasteiger partial charge in [0.1, 0.15) is 0 Å². The van der Waals surface area contributed by atoms with Crippen LogP contribution in [0.5, 0.6) is 0 Å². The zero-order chi connectivity index (χ0) is 16.4. The second kappa shape index (κ2) is 6.72. The maximum atomic E-state index is 12.4. The molecule has 0 aliphatic carbocycles. The lowest BCUT2D eigenvalue weighted by molar-refractivity contribution is -0.130. The van der Waals surface area contributed by atoms with Crippen LogP contribution in [0.15, 0.2) is 30.5 Å². The van der Waals surface area contributed by atoms with Gasteiger partial charge in [-0.1, -0.05) is 18.2 Å². The van der Waals surface area contributed by atoms with E-state index < -0.39 is 0 Å². The number of amides is 1. The number of benzene rings is 1. The molecule has 2 atom stereocenters. The van der Waals surface area contributed by atoms with Gasteiger partial charge in [-0.3, -0.25) is 4.79 Å². The summed E-state index contributed by atoms with van der Waals surface area (Å²) in [5.41, 5.74) is 2.42. The second-order valence-corrected chi connectivity index (χ2v) is 6.55. The van der Waals surface area contributed by atoms with Crippen molar-refractivity contribution in [3.8, 4) is 0 Å². The predicted molar refractivity (Wildman–Crippen MR) is 91.3 cm³/mol. The number of fused-ring (bicyclic) bond motifs is 1. The van der Waals surface area contributed by atoms with Crippen molar-refractivity contribution in [3.05, 3.63) is 36.0 Å². The van der Waals surface area contributed by atoms with E-state index in [1.165, 1.54) is 16.5 Å². The zero-order valence-corrected chi connectivity index (χ0v) is 13.8. The molecular weight excluding hydrogens is 290 g/mol. The lowest BCUT2D eigenvalue weighted by atomic mass is 10.1. The number of hydrogen-bond donors (Lipinski definition) is 2. The summed E-state index contributed by atoms with van der Waals surface area (Å²) in [7, 11) is 3.88. The number of likely N-dealkylation sites (N-methyl/N-ethyl adjacent to an activating group) is 1. The van der Waals surface area contributed by atoms with Crippen LogP contribution in [0.4, 0.5) is 0 Å². The largest absolute Gasteiger partial charge is 0.392 e. The Kier molecular flexibility index (Phi) is 4.68. The Balaban J connectivity index is 1.57. The number of hydrogen-bond acceptors (Lipinski definition) is 3. The molecule has 1 aromatic carbocycles. The molecule has 0 saturated carbocycles. The van der Waals surface area contributed by atoms with Gasteiger partial charge in [0.2, 0.25) is 5.91 Å². The summed E-state index contributed by atoms with van der Waals surface area (Å²) in [6.45, 7) is 1.29. The molecule has 23 heavy (non-hydrogen) atoms. The Morgan fingerprint density at radius 1 is 1.43 bits per heavy atom. The number of aliphatic hydroxyl groups is 1. The number of carbonyl (C=O) groups excluding carboxylic acids is 1. The number of rotatable bonds is 5. The quantitative estimate of drug-likeness (QED) is 0.874. The molecule has 1 aliphatic rings. The minimum absolute atomic E-state index is 0.154. The van der Waals surface area contributed by atoms with Gasteiger partial charge in [-0.05, 0) is 24.5 Å². The van der Waals surface area contributed by atoms with E-state index in [-0.39, 0.29) is 18.1 Å². The molecule has 2 heterocycles. The van der Waals surface area contributed by atoms with Crippen LogP contribution < -0.4 is 5.32 Å². The molecule has 0 unspecified atom stereocenters. The van der Waals surface area contributed by atoms with E-state index in [0.29, 0.717) is 19.5 Å². The maximum Gasteiger partial charge on any atom is 0.222 e. The molecule has 124 valence electrons. The van der Waals surface area contributed by atoms with Crippen LogP contribution in [-0.2, 0) is 18.3 Å². The lowest BCUT2D eigenvalue weighted by Crippen LogP contribution is -2.38. The molecule has 0 radical (unpaired) electrons. The summed E-state index contributed by atoms with van der Waals surface area (Å²) >= 11 is 0. The van der Waals surface area contributed by atoms with E-state index in [4.69, 9.17) is 0 Å². The van der Waals surface area contributed by atoms with Gasteiger partial charge < -0.3 is 19.9 Å². The fraction of sp³-hybridized carbons (Fsp3) is 0.500. The topological polar surface area (TPSA) is 57.5 Å². The summed E-state index contributed by atoms with van der Waals surface area (Å²) in [5, 5.41) is 14.0. The van der Waals surface area contributed by atoms with Crippen LogP contribution in [0.1, 0.15) is 18.4 Å². The predicted octanol–water partition coefficient (Wildman–Crippen LogP) is 1.29. The molecule has 1 saturated heterocycles. The van der Waals surface area contributed by atoms with Gasteiger partial charge in [0.25, 0.3) is 0 Å². The number of nitrogens with one attached hydrogen (secondary N) is 1. The maximum absolute atomic E-state index is 12.4. The molecule has 5 heteroatoms. The number of para-hydroxylation sites is 1. The van der Waals surface area contributed by atoms with Gasteiger partial charge in [-0.15, -0.1) is 0 Å². The van der Waals surface area contributed by atoms with Crippen LogP contribution in [0.3, 0.4) is 0 Å². The Morgan fingerprint density at radius 3 is 2.96 bits per heavy atom. The van der Waals surface area contributed by atoms with Crippen molar-refractivity contribution in [2.75, 3.05) is 20.1 Å². The van der Waals surface area contributed by atoms with Crippen molar-refractivity contribution < 1.29 is 9.90 Å². The first-order chi connectivity index (χ1) is 11.0. The molecule has 1 fully saturated rings.